The number of anilines is 1. The molecule has 2 aromatic heterocycles. The molecule has 4 aromatic rings. The first-order valence-corrected chi connectivity index (χ1v) is 16.2. The molecule has 0 aliphatic heterocycles. The van der Waals surface area contributed by atoms with Crippen molar-refractivity contribution in [2.45, 2.75) is 57.8 Å². The van der Waals surface area contributed by atoms with E-state index in [0.29, 0.717) is 6.61 Å². The van der Waals surface area contributed by atoms with Crippen LogP contribution in [0.5, 0.6) is 5.75 Å². The fourth-order valence-corrected chi connectivity index (χ4v) is 5.76. The summed E-state index contributed by atoms with van der Waals surface area (Å²) in [5.41, 5.74) is 2.05. The number of amides is 1. The molecule has 0 saturated carbocycles. The summed E-state index contributed by atoms with van der Waals surface area (Å²) in [4.78, 5) is 33.9. The Bertz CT molecular complexity index is 1740. The molecule has 11 nitrogen and oxygen atoms in total. The normalized spacial score (nSPS) is 11.7. The van der Waals surface area contributed by atoms with Crippen LogP contribution >= 0.6 is 0 Å². The van der Waals surface area contributed by atoms with Gasteiger partial charge in [-0.05, 0) is 80.3 Å². The van der Waals surface area contributed by atoms with Crippen molar-refractivity contribution in [1.29, 1.82) is 0 Å². The Labute approximate surface area is 269 Å². The number of aliphatic carboxylic acids is 1. The van der Waals surface area contributed by atoms with Crippen molar-refractivity contribution in [3.05, 3.63) is 102 Å². The fourth-order valence-electron chi connectivity index (χ4n) is 4.43. The SMILES string of the molecule is CCCOc1cccc(-c2ccc(CN(Cc3cccc(N(CC(=O)O)C(=O)OC(C)(C)C)n3)S(=O)(=O)c3ccccn3)cc2)c1. The van der Waals surface area contributed by atoms with Crippen LogP contribution in [0, 0.1) is 0 Å². The van der Waals surface area contributed by atoms with Crippen LogP contribution in [0.25, 0.3) is 11.1 Å². The lowest BCUT2D eigenvalue weighted by atomic mass is 10.0. The molecule has 0 bridgehead atoms. The highest BCUT2D eigenvalue weighted by atomic mass is 32.2. The topological polar surface area (TPSA) is 139 Å². The molecule has 2 heterocycles. The monoisotopic (exact) mass is 646 g/mol. The van der Waals surface area contributed by atoms with Gasteiger partial charge in [0.1, 0.15) is 23.7 Å². The number of nitrogens with zero attached hydrogens (tertiary/aromatic N) is 4. The Morgan fingerprint density at radius 1 is 0.891 bits per heavy atom. The average molecular weight is 647 g/mol. The molecule has 12 heteroatoms. The van der Waals surface area contributed by atoms with Crippen LogP contribution in [0.1, 0.15) is 45.4 Å². The van der Waals surface area contributed by atoms with Crippen LogP contribution in [0.2, 0.25) is 0 Å². The number of rotatable bonds is 13. The van der Waals surface area contributed by atoms with Crippen molar-refractivity contribution in [2.24, 2.45) is 0 Å². The summed E-state index contributed by atoms with van der Waals surface area (Å²) in [6.07, 6.45) is 1.42. The summed E-state index contributed by atoms with van der Waals surface area (Å²) in [6.45, 7) is 6.79. The average Bonchev–Trinajstić information content (AvgIpc) is 3.02. The van der Waals surface area contributed by atoms with Crippen LogP contribution in [0.15, 0.2) is 96.2 Å². The van der Waals surface area contributed by atoms with Gasteiger partial charge in [0.25, 0.3) is 10.0 Å². The third-order valence-electron chi connectivity index (χ3n) is 6.51. The summed E-state index contributed by atoms with van der Waals surface area (Å²) in [5, 5.41) is 9.33. The van der Waals surface area contributed by atoms with Gasteiger partial charge in [-0.1, -0.05) is 55.5 Å². The van der Waals surface area contributed by atoms with Crippen molar-refractivity contribution in [2.75, 3.05) is 18.1 Å². The fraction of sp³-hybridized carbons (Fsp3) is 0.294. The predicted octanol–water partition coefficient (Wildman–Crippen LogP) is 6.15. The predicted molar refractivity (Wildman–Crippen MR) is 174 cm³/mol. The van der Waals surface area contributed by atoms with Gasteiger partial charge in [-0.25, -0.2) is 23.2 Å². The second-order valence-corrected chi connectivity index (χ2v) is 13.3. The maximum Gasteiger partial charge on any atom is 0.416 e. The van der Waals surface area contributed by atoms with Gasteiger partial charge in [-0.3, -0.25) is 9.69 Å². The Morgan fingerprint density at radius 2 is 1.63 bits per heavy atom. The van der Waals surface area contributed by atoms with Gasteiger partial charge in [0.2, 0.25) is 0 Å². The van der Waals surface area contributed by atoms with E-state index >= 15 is 0 Å². The van der Waals surface area contributed by atoms with Gasteiger partial charge in [0, 0.05) is 12.7 Å². The van der Waals surface area contributed by atoms with Crippen molar-refractivity contribution in [1.82, 2.24) is 14.3 Å². The van der Waals surface area contributed by atoms with E-state index in [1.807, 2.05) is 55.5 Å². The van der Waals surface area contributed by atoms with E-state index in [4.69, 9.17) is 9.47 Å². The standard InChI is InChI=1S/C34H38N4O7S/c1-5-20-44-29-12-8-10-27(21-29)26-17-15-25(16-18-26)22-37(46(42,43)31-14-6-7-19-35-31)23-28-11-9-13-30(36-28)38(24-32(39)40)33(41)45-34(2,3)4/h6-19,21H,5,20,22-24H2,1-4H3,(H,39,40). The molecule has 0 aliphatic carbocycles. The third-order valence-corrected chi connectivity index (χ3v) is 8.22. The van der Waals surface area contributed by atoms with Gasteiger partial charge in [0.05, 0.1) is 18.8 Å². The number of carboxylic acids is 1. The summed E-state index contributed by atoms with van der Waals surface area (Å²) < 4.78 is 40.1. The zero-order chi connectivity index (χ0) is 33.3. The van der Waals surface area contributed by atoms with Crippen LogP contribution in [0.4, 0.5) is 10.6 Å². The van der Waals surface area contributed by atoms with Crippen molar-refractivity contribution < 1.29 is 32.6 Å². The van der Waals surface area contributed by atoms with Gasteiger partial charge >= 0.3 is 12.1 Å². The minimum Gasteiger partial charge on any atom is -0.494 e. The molecule has 0 aliphatic rings. The summed E-state index contributed by atoms with van der Waals surface area (Å²) in [5.74, 6) is -0.473. The second kappa shape index (κ2) is 15.0. The summed E-state index contributed by atoms with van der Waals surface area (Å²) >= 11 is 0. The quantitative estimate of drug-likeness (QED) is 0.181. The molecule has 0 radical (unpaired) electrons. The molecule has 1 N–H and O–H groups in total. The number of aromatic nitrogens is 2. The van der Waals surface area contributed by atoms with E-state index in [-0.39, 0.29) is 29.6 Å². The smallest absolute Gasteiger partial charge is 0.416 e. The molecular weight excluding hydrogens is 608 g/mol. The van der Waals surface area contributed by atoms with E-state index in [1.165, 1.54) is 22.6 Å². The van der Waals surface area contributed by atoms with E-state index < -0.39 is 34.2 Å². The molecule has 0 saturated heterocycles. The minimum atomic E-state index is -4.10. The molecule has 1 amide bonds. The van der Waals surface area contributed by atoms with Gasteiger partial charge in [-0.15, -0.1) is 0 Å². The van der Waals surface area contributed by atoms with Crippen LogP contribution in [-0.2, 0) is 32.6 Å². The summed E-state index contributed by atoms with van der Waals surface area (Å²) in [7, 11) is -4.10. The van der Waals surface area contributed by atoms with E-state index in [9.17, 15) is 23.1 Å². The Kier molecular flexibility index (Phi) is 11.1. The second-order valence-electron chi connectivity index (χ2n) is 11.5. The number of carboxylic acid groups (broad SMARTS) is 1. The lowest BCUT2D eigenvalue weighted by Gasteiger charge is -2.26. The lowest BCUT2D eigenvalue weighted by molar-refractivity contribution is -0.135. The number of ether oxygens (including phenoxy) is 2. The molecule has 0 unspecified atom stereocenters. The van der Waals surface area contributed by atoms with Gasteiger partial charge in [0.15, 0.2) is 5.03 Å². The largest absolute Gasteiger partial charge is 0.494 e. The van der Waals surface area contributed by atoms with Crippen LogP contribution in [0.3, 0.4) is 0 Å². The van der Waals surface area contributed by atoms with E-state index in [1.54, 1.807) is 45.0 Å². The number of hydrogen-bond acceptors (Lipinski definition) is 8. The minimum absolute atomic E-state index is 0.00431. The van der Waals surface area contributed by atoms with E-state index in [2.05, 4.69) is 9.97 Å². The molecule has 2 aromatic carbocycles. The molecule has 4 rings (SSSR count). The zero-order valence-corrected chi connectivity index (χ0v) is 27.1. The first kappa shape index (κ1) is 34.1. The van der Waals surface area contributed by atoms with Gasteiger partial charge < -0.3 is 14.6 Å². The number of benzene rings is 2. The zero-order valence-electron chi connectivity index (χ0n) is 26.3. The molecule has 0 spiro atoms. The Hall–Kier alpha value is -4.81. The Balaban J connectivity index is 1.64. The molecule has 242 valence electrons. The van der Waals surface area contributed by atoms with Crippen LogP contribution < -0.4 is 9.64 Å². The molecule has 46 heavy (non-hydrogen) atoms. The number of pyridine rings is 2. The van der Waals surface area contributed by atoms with Gasteiger partial charge in [-0.2, -0.15) is 4.31 Å². The van der Waals surface area contributed by atoms with E-state index in [0.717, 1.165) is 33.8 Å². The third kappa shape index (κ3) is 9.35. The van der Waals surface area contributed by atoms with Crippen molar-refractivity contribution >= 4 is 27.9 Å². The number of carbonyl (C=O) groups is 2. The maximum absolute atomic E-state index is 13.8. The number of sulfonamides is 1. The molecular formula is C34H38N4O7S. The Morgan fingerprint density at radius 3 is 2.28 bits per heavy atom. The molecule has 0 atom stereocenters. The maximum atomic E-state index is 13.8. The first-order valence-electron chi connectivity index (χ1n) is 14.8. The number of carbonyl (C=O) groups excluding carboxylic acids is 1. The van der Waals surface area contributed by atoms with Crippen LogP contribution in [-0.4, -0.2) is 58.6 Å². The molecule has 0 fully saturated rings. The highest BCUT2D eigenvalue weighted by molar-refractivity contribution is 7.89. The highest BCUT2D eigenvalue weighted by Crippen LogP contribution is 2.26. The van der Waals surface area contributed by atoms with Crippen molar-refractivity contribution in [3.63, 3.8) is 0 Å². The first-order chi connectivity index (χ1) is 21.9. The number of hydrogen-bond donors (Lipinski definition) is 1. The highest BCUT2D eigenvalue weighted by Gasteiger charge is 2.29. The summed E-state index contributed by atoms with van der Waals surface area (Å²) in [6, 6.07) is 24.6. The van der Waals surface area contributed by atoms with Crippen molar-refractivity contribution in [3.8, 4) is 16.9 Å². The lowest BCUT2D eigenvalue weighted by Crippen LogP contribution is -2.40.